The zero-order chi connectivity index (χ0) is 11.8. The Morgan fingerprint density at radius 1 is 1.00 bits per heavy atom. The molecule has 0 unspecified atom stereocenters. The van der Waals surface area contributed by atoms with Gasteiger partial charge in [0.2, 0.25) is 3.79 Å². The highest BCUT2D eigenvalue weighted by Gasteiger charge is 2.27. The van der Waals surface area contributed by atoms with Crippen molar-refractivity contribution in [1.82, 2.24) is 0 Å². The van der Waals surface area contributed by atoms with Crippen molar-refractivity contribution in [3.63, 3.8) is 0 Å². The number of aliphatic hydroxyl groups excluding tert-OH is 1. The van der Waals surface area contributed by atoms with Gasteiger partial charge in [0.25, 0.3) is 0 Å². The number of aliphatic hydroxyl groups is 1. The van der Waals surface area contributed by atoms with Crippen LogP contribution in [-0.4, -0.2) is 5.11 Å². The molecule has 0 aliphatic carbocycles. The fourth-order valence-corrected chi connectivity index (χ4v) is 2.45. The molecule has 2 aromatic carbocycles. The zero-order valence-electron chi connectivity index (χ0n) is 8.25. The van der Waals surface area contributed by atoms with Crippen molar-refractivity contribution in [2.24, 2.45) is 0 Å². The van der Waals surface area contributed by atoms with E-state index in [0.717, 1.165) is 10.8 Å². The van der Waals surface area contributed by atoms with Gasteiger partial charge < -0.3 is 5.11 Å². The Labute approximate surface area is 109 Å². The molecule has 0 bridgehead atoms. The van der Waals surface area contributed by atoms with Gasteiger partial charge in [-0.2, -0.15) is 0 Å². The van der Waals surface area contributed by atoms with E-state index >= 15 is 0 Å². The third-order valence-electron chi connectivity index (χ3n) is 2.47. The monoisotopic (exact) mass is 274 g/mol. The molecule has 2 aromatic rings. The number of hydrogen-bond acceptors (Lipinski definition) is 1. The van der Waals surface area contributed by atoms with Crippen LogP contribution in [-0.2, 0) is 10.4 Å². The van der Waals surface area contributed by atoms with E-state index in [9.17, 15) is 5.11 Å². The van der Waals surface area contributed by atoms with Crippen molar-refractivity contribution in [3.05, 3.63) is 47.5 Å². The Morgan fingerprint density at radius 2 is 1.69 bits per heavy atom. The first-order valence-electron chi connectivity index (χ1n) is 4.72. The second kappa shape index (κ2) is 4.42. The molecular weight excluding hydrogens is 266 g/mol. The van der Waals surface area contributed by atoms with Crippen LogP contribution in [0.5, 0.6) is 0 Å². The topological polar surface area (TPSA) is 20.2 Å². The fraction of sp³-hybridized carbons (Fsp3) is 0.167. The van der Waals surface area contributed by atoms with E-state index in [1.807, 2.05) is 30.3 Å². The molecule has 2 rings (SSSR count). The SMILES string of the molecule is OCc1ccc2ccccc2c1C(Cl)(Cl)Cl. The molecule has 0 spiro atoms. The maximum Gasteiger partial charge on any atom is 0.216 e. The molecule has 16 heavy (non-hydrogen) atoms. The predicted molar refractivity (Wildman–Crippen MR) is 69.1 cm³/mol. The average molecular weight is 276 g/mol. The minimum atomic E-state index is -1.53. The summed E-state index contributed by atoms with van der Waals surface area (Å²) in [6.45, 7) is -0.145. The van der Waals surface area contributed by atoms with Gasteiger partial charge in [-0.1, -0.05) is 71.2 Å². The van der Waals surface area contributed by atoms with Crippen LogP contribution in [0.1, 0.15) is 11.1 Å². The first kappa shape index (κ1) is 12.0. The summed E-state index contributed by atoms with van der Waals surface area (Å²) in [7, 11) is 0. The van der Waals surface area contributed by atoms with E-state index in [2.05, 4.69) is 0 Å². The van der Waals surface area contributed by atoms with Gasteiger partial charge in [-0.05, 0) is 16.3 Å². The minimum Gasteiger partial charge on any atom is -0.392 e. The van der Waals surface area contributed by atoms with E-state index < -0.39 is 3.79 Å². The second-order valence-electron chi connectivity index (χ2n) is 3.48. The van der Waals surface area contributed by atoms with Crippen molar-refractivity contribution < 1.29 is 5.11 Å². The quantitative estimate of drug-likeness (QED) is 0.775. The molecule has 0 amide bonds. The molecule has 1 nitrogen and oxygen atoms in total. The van der Waals surface area contributed by atoms with Crippen molar-refractivity contribution in [3.8, 4) is 0 Å². The van der Waals surface area contributed by atoms with E-state index in [-0.39, 0.29) is 6.61 Å². The van der Waals surface area contributed by atoms with Gasteiger partial charge in [0.1, 0.15) is 0 Å². The Kier molecular flexibility index (Phi) is 3.32. The molecule has 0 aliphatic rings. The summed E-state index contributed by atoms with van der Waals surface area (Å²) in [6.07, 6.45) is 0. The third kappa shape index (κ3) is 2.14. The van der Waals surface area contributed by atoms with Gasteiger partial charge in [-0.25, -0.2) is 0 Å². The van der Waals surface area contributed by atoms with Crippen LogP contribution in [0.2, 0.25) is 0 Å². The van der Waals surface area contributed by atoms with Crippen molar-refractivity contribution in [2.45, 2.75) is 10.4 Å². The Morgan fingerprint density at radius 3 is 2.31 bits per heavy atom. The molecule has 0 atom stereocenters. The van der Waals surface area contributed by atoms with E-state index in [4.69, 9.17) is 34.8 Å². The number of hydrogen-bond donors (Lipinski definition) is 1. The van der Waals surface area contributed by atoms with Crippen LogP contribution < -0.4 is 0 Å². The third-order valence-corrected chi connectivity index (χ3v) is 3.04. The summed E-state index contributed by atoms with van der Waals surface area (Å²) in [6, 6.07) is 11.3. The standard InChI is InChI=1S/C12H9Cl3O/c13-12(14,15)11-9(7-16)6-5-8-3-1-2-4-10(8)11/h1-6,16H,7H2. The lowest BCUT2D eigenvalue weighted by molar-refractivity contribution is 0.281. The maximum atomic E-state index is 9.27. The van der Waals surface area contributed by atoms with Crippen LogP contribution >= 0.6 is 34.8 Å². The van der Waals surface area contributed by atoms with Gasteiger partial charge in [-0.3, -0.25) is 0 Å². The molecule has 0 saturated carbocycles. The summed E-state index contributed by atoms with van der Waals surface area (Å²) in [5, 5.41) is 11.1. The molecule has 0 heterocycles. The minimum absolute atomic E-state index is 0.145. The predicted octanol–water partition coefficient (Wildman–Crippen LogP) is 4.16. The lowest BCUT2D eigenvalue weighted by atomic mass is 10.0. The summed E-state index contributed by atoms with van der Waals surface area (Å²) < 4.78 is -1.53. The molecule has 0 aliphatic heterocycles. The number of rotatable bonds is 1. The Hall–Kier alpha value is -0.470. The van der Waals surface area contributed by atoms with Crippen molar-refractivity contribution in [1.29, 1.82) is 0 Å². The molecule has 0 saturated heterocycles. The van der Waals surface area contributed by atoms with Crippen molar-refractivity contribution >= 4 is 45.6 Å². The summed E-state index contributed by atoms with van der Waals surface area (Å²) in [5.41, 5.74) is 1.19. The van der Waals surface area contributed by atoms with E-state index in [0.29, 0.717) is 11.1 Å². The summed E-state index contributed by atoms with van der Waals surface area (Å²) in [4.78, 5) is 0. The number of fused-ring (bicyclic) bond motifs is 1. The van der Waals surface area contributed by atoms with E-state index in [1.165, 1.54) is 0 Å². The van der Waals surface area contributed by atoms with Crippen LogP contribution in [0.25, 0.3) is 10.8 Å². The number of halogens is 3. The fourth-order valence-electron chi connectivity index (χ4n) is 1.78. The highest BCUT2D eigenvalue weighted by atomic mass is 35.6. The first-order chi connectivity index (χ1) is 7.54. The Bertz CT molecular complexity index is 517. The lowest BCUT2D eigenvalue weighted by Crippen LogP contribution is -2.06. The molecule has 84 valence electrons. The summed E-state index contributed by atoms with van der Waals surface area (Å²) >= 11 is 17.8. The second-order valence-corrected chi connectivity index (χ2v) is 5.76. The van der Waals surface area contributed by atoms with Crippen LogP contribution in [0, 0.1) is 0 Å². The van der Waals surface area contributed by atoms with Crippen LogP contribution in [0.4, 0.5) is 0 Å². The molecule has 0 aromatic heterocycles. The normalized spacial score (nSPS) is 12.0. The molecular formula is C12H9Cl3O. The largest absolute Gasteiger partial charge is 0.392 e. The molecule has 0 radical (unpaired) electrons. The maximum absolute atomic E-state index is 9.27. The first-order valence-corrected chi connectivity index (χ1v) is 5.86. The van der Waals surface area contributed by atoms with Gasteiger partial charge in [-0.15, -0.1) is 0 Å². The van der Waals surface area contributed by atoms with E-state index in [1.54, 1.807) is 6.07 Å². The zero-order valence-corrected chi connectivity index (χ0v) is 10.5. The lowest BCUT2D eigenvalue weighted by Gasteiger charge is -2.18. The summed E-state index contributed by atoms with van der Waals surface area (Å²) in [5.74, 6) is 0. The number of alkyl halides is 3. The molecule has 0 fully saturated rings. The Balaban J connectivity index is 2.84. The van der Waals surface area contributed by atoms with Gasteiger partial charge >= 0.3 is 0 Å². The van der Waals surface area contributed by atoms with Crippen LogP contribution in [0.3, 0.4) is 0 Å². The van der Waals surface area contributed by atoms with Crippen molar-refractivity contribution in [2.75, 3.05) is 0 Å². The highest BCUT2D eigenvalue weighted by molar-refractivity contribution is 6.67. The smallest absolute Gasteiger partial charge is 0.216 e. The molecule has 4 heteroatoms. The van der Waals surface area contributed by atoms with Gasteiger partial charge in [0.15, 0.2) is 0 Å². The molecule has 1 N–H and O–H groups in total. The van der Waals surface area contributed by atoms with Crippen LogP contribution in [0.15, 0.2) is 36.4 Å². The average Bonchev–Trinajstić information content (AvgIpc) is 2.26. The van der Waals surface area contributed by atoms with Gasteiger partial charge in [0.05, 0.1) is 6.61 Å². The number of benzene rings is 2. The van der Waals surface area contributed by atoms with Gasteiger partial charge in [0, 0.05) is 5.56 Å². The highest BCUT2D eigenvalue weighted by Crippen LogP contribution is 2.43.